The highest BCUT2D eigenvalue weighted by Crippen LogP contribution is 2.30. The second-order valence-electron chi connectivity index (χ2n) is 9.45. The second-order valence-corrected chi connectivity index (χ2v) is 12.1. The van der Waals surface area contributed by atoms with Crippen molar-refractivity contribution < 1.29 is 22.0 Å². The first-order chi connectivity index (χ1) is 19.6. The van der Waals surface area contributed by atoms with Gasteiger partial charge in [0.1, 0.15) is 45.4 Å². The SMILES string of the molecule is C=CN=C(Nc1ccc(OCc2cccc(F)c2)c(Cl)c1)c1cc(-c2ccc(CNCCS(C)(=O)=O)o2)ccc1C. The summed E-state index contributed by atoms with van der Waals surface area (Å²) in [5, 5.41) is 6.79. The molecular weight excluding hydrogens is 565 g/mol. The molecule has 4 aromatic rings. The lowest BCUT2D eigenvalue weighted by Gasteiger charge is -2.15. The first kappa shape index (κ1) is 30.0. The summed E-state index contributed by atoms with van der Waals surface area (Å²) in [6, 6.07) is 21.2. The van der Waals surface area contributed by atoms with Crippen molar-refractivity contribution in [2.24, 2.45) is 4.99 Å². The van der Waals surface area contributed by atoms with Crippen LogP contribution in [-0.4, -0.2) is 32.8 Å². The molecule has 0 bridgehead atoms. The van der Waals surface area contributed by atoms with Gasteiger partial charge >= 0.3 is 0 Å². The third kappa shape index (κ3) is 8.78. The molecule has 0 aliphatic heterocycles. The summed E-state index contributed by atoms with van der Waals surface area (Å²) in [7, 11) is -3.02. The smallest absolute Gasteiger partial charge is 0.148 e. The van der Waals surface area contributed by atoms with Gasteiger partial charge < -0.3 is 19.8 Å². The quantitative estimate of drug-likeness (QED) is 0.107. The number of halogens is 2. The number of nitrogens with zero attached hydrogens (tertiary/aromatic N) is 1. The zero-order valence-electron chi connectivity index (χ0n) is 22.8. The van der Waals surface area contributed by atoms with E-state index in [1.807, 2.05) is 43.3 Å². The van der Waals surface area contributed by atoms with Crippen molar-refractivity contribution in [3.63, 3.8) is 0 Å². The van der Waals surface area contributed by atoms with Crippen LogP contribution < -0.4 is 15.4 Å². The van der Waals surface area contributed by atoms with Crippen molar-refractivity contribution in [3.8, 4) is 17.1 Å². The van der Waals surface area contributed by atoms with Gasteiger partial charge in [0, 0.05) is 35.8 Å². The van der Waals surface area contributed by atoms with Crippen LogP contribution in [0.5, 0.6) is 5.75 Å². The van der Waals surface area contributed by atoms with E-state index < -0.39 is 9.84 Å². The molecule has 0 saturated heterocycles. The Balaban J connectivity index is 1.47. The van der Waals surface area contributed by atoms with Gasteiger partial charge in [-0.15, -0.1) is 0 Å². The third-order valence-electron chi connectivity index (χ3n) is 6.09. The summed E-state index contributed by atoms with van der Waals surface area (Å²) in [5.41, 5.74) is 4.07. The summed E-state index contributed by atoms with van der Waals surface area (Å²) < 4.78 is 47.9. The van der Waals surface area contributed by atoms with E-state index in [-0.39, 0.29) is 18.2 Å². The van der Waals surface area contributed by atoms with Crippen LogP contribution in [0, 0.1) is 12.7 Å². The van der Waals surface area contributed by atoms with E-state index in [1.54, 1.807) is 24.3 Å². The van der Waals surface area contributed by atoms with Crippen LogP contribution in [0.25, 0.3) is 11.3 Å². The molecule has 0 amide bonds. The molecule has 214 valence electrons. The predicted molar refractivity (Wildman–Crippen MR) is 163 cm³/mol. The average Bonchev–Trinajstić information content (AvgIpc) is 3.39. The van der Waals surface area contributed by atoms with Crippen LogP contribution in [-0.2, 0) is 23.0 Å². The van der Waals surface area contributed by atoms with E-state index in [0.29, 0.717) is 52.5 Å². The minimum atomic E-state index is -3.02. The molecule has 41 heavy (non-hydrogen) atoms. The van der Waals surface area contributed by atoms with Crippen LogP contribution in [0.4, 0.5) is 10.1 Å². The van der Waals surface area contributed by atoms with Crippen LogP contribution in [0.1, 0.15) is 22.5 Å². The lowest BCUT2D eigenvalue weighted by molar-refractivity contribution is 0.306. The number of sulfone groups is 1. The first-order valence-corrected chi connectivity index (χ1v) is 15.3. The second kappa shape index (κ2) is 13.6. The number of ether oxygens (including phenoxy) is 1. The molecule has 0 radical (unpaired) electrons. The highest BCUT2D eigenvalue weighted by Gasteiger charge is 2.13. The van der Waals surface area contributed by atoms with Crippen molar-refractivity contribution in [3.05, 3.63) is 119 Å². The molecule has 10 heteroatoms. The molecule has 1 heterocycles. The van der Waals surface area contributed by atoms with Gasteiger partial charge in [-0.05, 0) is 66.6 Å². The van der Waals surface area contributed by atoms with Crippen molar-refractivity contribution in [1.82, 2.24) is 5.32 Å². The minimum Gasteiger partial charge on any atom is -0.487 e. The average molecular weight is 596 g/mol. The monoisotopic (exact) mass is 595 g/mol. The maximum Gasteiger partial charge on any atom is 0.148 e. The first-order valence-electron chi connectivity index (χ1n) is 12.8. The van der Waals surface area contributed by atoms with Crippen molar-refractivity contribution in [2.45, 2.75) is 20.1 Å². The van der Waals surface area contributed by atoms with Crippen LogP contribution >= 0.6 is 11.6 Å². The highest BCUT2D eigenvalue weighted by molar-refractivity contribution is 7.90. The van der Waals surface area contributed by atoms with Crippen molar-refractivity contribution in [2.75, 3.05) is 23.9 Å². The van der Waals surface area contributed by atoms with Crippen LogP contribution in [0.2, 0.25) is 5.02 Å². The fourth-order valence-corrected chi connectivity index (χ4v) is 4.76. The number of anilines is 1. The number of amidine groups is 1. The van der Waals surface area contributed by atoms with Gasteiger partial charge in [0.05, 0.1) is 17.3 Å². The highest BCUT2D eigenvalue weighted by atomic mass is 35.5. The Morgan fingerprint density at radius 2 is 1.95 bits per heavy atom. The number of aryl methyl sites for hydroxylation is 1. The number of hydrogen-bond donors (Lipinski definition) is 2. The molecule has 0 atom stereocenters. The zero-order valence-corrected chi connectivity index (χ0v) is 24.4. The fraction of sp³-hybridized carbons (Fsp3) is 0.194. The van der Waals surface area contributed by atoms with Gasteiger partial charge in [-0.3, -0.25) is 0 Å². The molecule has 3 aromatic carbocycles. The molecule has 0 aliphatic rings. The van der Waals surface area contributed by atoms with Crippen LogP contribution in [0.15, 0.2) is 95.0 Å². The van der Waals surface area contributed by atoms with Gasteiger partial charge in [-0.2, -0.15) is 0 Å². The van der Waals surface area contributed by atoms with Crippen molar-refractivity contribution in [1.29, 1.82) is 0 Å². The summed E-state index contributed by atoms with van der Waals surface area (Å²) in [6.07, 6.45) is 2.67. The predicted octanol–water partition coefficient (Wildman–Crippen LogP) is 6.76. The Morgan fingerprint density at radius 1 is 1.12 bits per heavy atom. The summed E-state index contributed by atoms with van der Waals surface area (Å²) >= 11 is 6.49. The molecule has 4 rings (SSSR count). The van der Waals surface area contributed by atoms with Crippen molar-refractivity contribution >= 4 is 33.0 Å². The molecule has 7 nitrogen and oxygen atoms in total. The Hall–Kier alpha value is -3.92. The van der Waals surface area contributed by atoms with E-state index in [0.717, 1.165) is 16.7 Å². The number of nitrogens with one attached hydrogen (secondary N) is 2. The molecule has 2 N–H and O–H groups in total. The fourth-order valence-electron chi connectivity index (χ4n) is 4.01. The molecule has 0 fully saturated rings. The molecular formula is C31H31ClFN3O4S. The van der Waals surface area contributed by atoms with Gasteiger partial charge in [0.2, 0.25) is 0 Å². The van der Waals surface area contributed by atoms with E-state index in [2.05, 4.69) is 22.2 Å². The topological polar surface area (TPSA) is 92.9 Å². The molecule has 1 aromatic heterocycles. The standard InChI is InChI=1S/C31H31ClFN3O4S/c1-4-35-31(36-25-10-12-30(28(32)18-25)39-20-22-6-5-7-24(33)16-22)27-17-23(9-8-21(27)2)29-13-11-26(40-29)19-34-14-15-41(3,37)38/h4-13,16-18,34H,1,14-15,19-20H2,2-3H3,(H,35,36). The van der Waals surface area contributed by atoms with Gasteiger partial charge in [-0.25, -0.2) is 17.8 Å². The molecule has 0 unspecified atom stereocenters. The van der Waals surface area contributed by atoms with E-state index in [4.69, 9.17) is 20.8 Å². The van der Waals surface area contributed by atoms with Gasteiger partial charge in [-0.1, -0.05) is 42.4 Å². The van der Waals surface area contributed by atoms with E-state index in [9.17, 15) is 12.8 Å². The zero-order chi connectivity index (χ0) is 29.4. The van der Waals surface area contributed by atoms with Gasteiger partial charge in [0.25, 0.3) is 0 Å². The van der Waals surface area contributed by atoms with E-state index in [1.165, 1.54) is 24.6 Å². The summed E-state index contributed by atoms with van der Waals surface area (Å²) in [6.45, 7) is 6.69. The van der Waals surface area contributed by atoms with Gasteiger partial charge in [0.15, 0.2) is 0 Å². The maximum absolute atomic E-state index is 13.5. The van der Waals surface area contributed by atoms with E-state index >= 15 is 0 Å². The number of rotatable bonds is 12. The Morgan fingerprint density at radius 3 is 2.68 bits per heavy atom. The lowest BCUT2D eigenvalue weighted by Crippen LogP contribution is -2.21. The lowest BCUT2D eigenvalue weighted by atomic mass is 10.0. The normalized spacial score (nSPS) is 11.9. The maximum atomic E-state index is 13.5. The number of aliphatic imine (C=N–C) groups is 1. The Kier molecular flexibility index (Phi) is 9.99. The molecule has 0 aliphatic carbocycles. The largest absolute Gasteiger partial charge is 0.487 e. The summed E-state index contributed by atoms with van der Waals surface area (Å²) in [5.74, 6) is 2.15. The summed E-state index contributed by atoms with van der Waals surface area (Å²) in [4.78, 5) is 4.47. The Labute approximate surface area is 244 Å². The minimum absolute atomic E-state index is 0.0657. The Bertz CT molecular complexity index is 1670. The number of furan rings is 1. The molecule has 0 saturated carbocycles. The number of benzene rings is 3. The number of hydrogen-bond acceptors (Lipinski definition) is 6. The molecule has 0 spiro atoms. The van der Waals surface area contributed by atoms with Crippen LogP contribution in [0.3, 0.4) is 0 Å². The third-order valence-corrected chi connectivity index (χ3v) is 7.33.